The number of ether oxygens (including phenoxy) is 2. The van der Waals surface area contributed by atoms with Gasteiger partial charge in [-0.3, -0.25) is 9.10 Å². The molecule has 3 rings (SSSR count). The third kappa shape index (κ3) is 4.56. The Morgan fingerprint density at radius 3 is 2.64 bits per heavy atom. The summed E-state index contributed by atoms with van der Waals surface area (Å²) >= 11 is 0. The van der Waals surface area contributed by atoms with Gasteiger partial charge in [-0.2, -0.15) is 0 Å². The van der Waals surface area contributed by atoms with Crippen LogP contribution in [0.15, 0.2) is 18.2 Å². The largest absolute Gasteiger partial charge is 0.454 e. The van der Waals surface area contributed by atoms with Gasteiger partial charge in [0.15, 0.2) is 11.5 Å². The van der Waals surface area contributed by atoms with Crippen LogP contribution in [0.25, 0.3) is 0 Å². The highest BCUT2D eigenvalue weighted by Crippen LogP contribution is 2.36. The number of rotatable bonds is 6. The second-order valence-corrected chi connectivity index (χ2v) is 8.52. The molecule has 0 aromatic heterocycles. The second kappa shape index (κ2) is 7.51. The topological polar surface area (TPSA) is 84.9 Å². The third-order valence-electron chi connectivity index (χ3n) is 4.64. The molecule has 1 aromatic rings. The normalized spacial score (nSPS) is 17.3. The Labute approximate surface area is 148 Å². The molecule has 25 heavy (non-hydrogen) atoms. The molecule has 0 bridgehead atoms. The number of sulfonamides is 1. The average Bonchev–Trinajstić information content (AvgIpc) is 3.05. The number of hydrogen-bond donors (Lipinski definition) is 1. The van der Waals surface area contributed by atoms with Gasteiger partial charge in [-0.25, -0.2) is 8.42 Å². The summed E-state index contributed by atoms with van der Waals surface area (Å²) in [6.45, 7) is 0.475. The lowest BCUT2D eigenvalue weighted by Crippen LogP contribution is -2.41. The average molecular weight is 368 g/mol. The number of fused-ring (bicyclic) bond motifs is 1. The molecule has 1 aliphatic heterocycles. The molecule has 1 saturated carbocycles. The van der Waals surface area contributed by atoms with Gasteiger partial charge in [0.1, 0.15) is 6.54 Å². The molecule has 7 nitrogen and oxygen atoms in total. The van der Waals surface area contributed by atoms with E-state index in [-0.39, 0.29) is 19.2 Å². The van der Waals surface area contributed by atoms with Crippen molar-refractivity contribution in [2.45, 2.75) is 32.1 Å². The maximum Gasteiger partial charge on any atom is 0.240 e. The molecule has 2 aliphatic rings. The maximum absolute atomic E-state index is 12.3. The Morgan fingerprint density at radius 1 is 1.20 bits per heavy atom. The van der Waals surface area contributed by atoms with Gasteiger partial charge in [0.05, 0.1) is 11.9 Å². The van der Waals surface area contributed by atoms with E-state index in [2.05, 4.69) is 5.32 Å². The first kappa shape index (κ1) is 17.8. The minimum atomic E-state index is -3.60. The Hall–Kier alpha value is -1.96. The number of hydrogen-bond acceptors (Lipinski definition) is 5. The van der Waals surface area contributed by atoms with E-state index in [9.17, 15) is 13.2 Å². The fourth-order valence-electron chi connectivity index (χ4n) is 3.28. The lowest BCUT2D eigenvalue weighted by molar-refractivity contribution is -0.119. The second-order valence-electron chi connectivity index (χ2n) is 6.62. The first-order valence-electron chi connectivity index (χ1n) is 8.57. The molecule has 0 saturated heterocycles. The van der Waals surface area contributed by atoms with Crippen molar-refractivity contribution in [2.24, 2.45) is 5.92 Å². The van der Waals surface area contributed by atoms with E-state index in [4.69, 9.17) is 9.47 Å². The molecule has 1 aromatic carbocycles. The van der Waals surface area contributed by atoms with Gasteiger partial charge in [0.2, 0.25) is 22.7 Å². The fraction of sp³-hybridized carbons (Fsp3) is 0.588. The quantitative estimate of drug-likeness (QED) is 0.829. The molecule has 1 fully saturated rings. The van der Waals surface area contributed by atoms with Crippen LogP contribution in [0.3, 0.4) is 0 Å². The summed E-state index contributed by atoms with van der Waals surface area (Å²) in [5, 5.41) is 2.88. The lowest BCUT2D eigenvalue weighted by atomic mass is 9.89. The van der Waals surface area contributed by atoms with Crippen LogP contribution in [0.5, 0.6) is 11.5 Å². The van der Waals surface area contributed by atoms with E-state index in [1.54, 1.807) is 18.2 Å². The van der Waals surface area contributed by atoms with Gasteiger partial charge in [0, 0.05) is 12.6 Å². The molecular weight excluding hydrogens is 344 g/mol. The Morgan fingerprint density at radius 2 is 1.92 bits per heavy atom. The van der Waals surface area contributed by atoms with E-state index in [0.717, 1.165) is 23.4 Å². The standard InChI is InChI=1S/C17H24N2O5S/c1-25(21,22)19(14-7-8-15-16(9-14)24-12-23-15)11-17(20)18-10-13-5-3-2-4-6-13/h7-9,13H,2-6,10-12H2,1H3,(H,18,20). The summed E-state index contributed by atoms with van der Waals surface area (Å²) in [5.74, 6) is 1.25. The minimum absolute atomic E-state index is 0.111. The molecule has 0 spiro atoms. The molecule has 1 N–H and O–H groups in total. The summed E-state index contributed by atoms with van der Waals surface area (Å²) in [6.07, 6.45) is 7.00. The molecule has 1 aliphatic carbocycles. The van der Waals surface area contributed by atoms with E-state index < -0.39 is 10.0 Å². The van der Waals surface area contributed by atoms with E-state index in [1.165, 1.54) is 19.3 Å². The number of anilines is 1. The maximum atomic E-state index is 12.3. The van der Waals surface area contributed by atoms with Crippen LogP contribution in [0.4, 0.5) is 5.69 Å². The molecular formula is C17H24N2O5S. The number of nitrogens with zero attached hydrogens (tertiary/aromatic N) is 1. The summed E-state index contributed by atoms with van der Waals surface area (Å²) in [5.41, 5.74) is 0.388. The van der Waals surface area contributed by atoms with Gasteiger partial charge in [-0.1, -0.05) is 19.3 Å². The van der Waals surface area contributed by atoms with Crippen LogP contribution in [0.1, 0.15) is 32.1 Å². The van der Waals surface area contributed by atoms with E-state index >= 15 is 0 Å². The molecule has 0 atom stereocenters. The molecule has 0 unspecified atom stereocenters. The highest BCUT2D eigenvalue weighted by molar-refractivity contribution is 7.92. The van der Waals surface area contributed by atoms with Crippen molar-refractivity contribution in [1.82, 2.24) is 5.32 Å². The fourth-order valence-corrected chi connectivity index (χ4v) is 4.12. The zero-order chi connectivity index (χ0) is 17.9. The first-order chi connectivity index (χ1) is 11.9. The van der Waals surface area contributed by atoms with Crippen LogP contribution in [-0.2, 0) is 14.8 Å². The number of carbonyl (C=O) groups is 1. The Bertz CT molecular complexity index is 729. The van der Waals surface area contributed by atoms with E-state index in [0.29, 0.717) is 29.6 Å². The van der Waals surface area contributed by atoms with Crippen LogP contribution in [0, 0.1) is 5.92 Å². The predicted molar refractivity (Wildman–Crippen MR) is 94.3 cm³/mol. The molecule has 1 amide bonds. The van der Waals surface area contributed by atoms with Crippen molar-refractivity contribution in [3.05, 3.63) is 18.2 Å². The van der Waals surface area contributed by atoms with Crippen molar-refractivity contribution in [3.63, 3.8) is 0 Å². The van der Waals surface area contributed by atoms with Gasteiger partial charge >= 0.3 is 0 Å². The molecule has 8 heteroatoms. The zero-order valence-electron chi connectivity index (χ0n) is 14.4. The summed E-state index contributed by atoms with van der Waals surface area (Å²) in [6, 6.07) is 4.84. The number of nitrogens with one attached hydrogen (secondary N) is 1. The third-order valence-corrected chi connectivity index (χ3v) is 5.78. The first-order valence-corrected chi connectivity index (χ1v) is 10.4. The number of benzene rings is 1. The van der Waals surface area contributed by atoms with Gasteiger partial charge < -0.3 is 14.8 Å². The Kier molecular flexibility index (Phi) is 5.36. The van der Waals surface area contributed by atoms with Gasteiger partial charge in [0.25, 0.3) is 0 Å². The number of amides is 1. The lowest BCUT2D eigenvalue weighted by Gasteiger charge is -2.24. The smallest absolute Gasteiger partial charge is 0.240 e. The van der Waals surface area contributed by atoms with Crippen molar-refractivity contribution >= 4 is 21.6 Å². The zero-order valence-corrected chi connectivity index (χ0v) is 15.2. The van der Waals surface area contributed by atoms with Crippen LogP contribution in [-0.4, -0.2) is 40.5 Å². The predicted octanol–water partition coefficient (Wildman–Crippen LogP) is 1.88. The highest BCUT2D eigenvalue weighted by Gasteiger charge is 2.24. The summed E-state index contributed by atoms with van der Waals surface area (Å²) < 4.78 is 35.9. The summed E-state index contributed by atoms with van der Waals surface area (Å²) in [7, 11) is -3.60. The Balaban J connectivity index is 1.66. The van der Waals surface area contributed by atoms with E-state index in [1.807, 2.05) is 0 Å². The molecule has 0 radical (unpaired) electrons. The van der Waals surface area contributed by atoms with Crippen LogP contribution in [0.2, 0.25) is 0 Å². The van der Waals surface area contributed by atoms with Gasteiger partial charge in [-0.05, 0) is 30.9 Å². The minimum Gasteiger partial charge on any atom is -0.454 e. The molecule has 138 valence electrons. The highest BCUT2D eigenvalue weighted by atomic mass is 32.2. The van der Waals surface area contributed by atoms with Crippen LogP contribution >= 0.6 is 0 Å². The monoisotopic (exact) mass is 368 g/mol. The van der Waals surface area contributed by atoms with Crippen LogP contribution < -0.4 is 19.1 Å². The summed E-state index contributed by atoms with van der Waals surface area (Å²) in [4.78, 5) is 12.3. The van der Waals surface area contributed by atoms with Crippen molar-refractivity contribution in [1.29, 1.82) is 0 Å². The SMILES string of the molecule is CS(=O)(=O)N(CC(=O)NCC1CCCCC1)c1ccc2c(c1)OCO2. The number of carbonyl (C=O) groups excluding carboxylic acids is 1. The van der Waals surface area contributed by atoms with Crippen molar-refractivity contribution in [2.75, 3.05) is 30.4 Å². The van der Waals surface area contributed by atoms with Crippen molar-refractivity contribution in [3.8, 4) is 11.5 Å². The van der Waals surface area contributed by atoms with Crippen molar-refractivity contribution < 1.29 is 22.7 Å². The van der Waals surface area contributed by atoms with Gasteiger partial charge in [-0.15, -0.1) is 0 Å². The molecule has 1 heterocycles.